The molecular weight excluding hydrogens is 210 g/mol. The van der Waals surface area contributed by atoms with E-state index in [0.717, 1.165) is 22.7 Å². The molecule has 0 amide bonds. The van der Waals surface area contributed by atoms with Crippen LogP contribution in [0.5, 0.6) is 0 Å². The van der Waals surface area contributed by atoms with E-state index >= 15 is 0 Å². The van der Waals surface area contributed by atoms with Crippen LogP contribution in [0, 0.1) is 0 Å². The SMILES string of the molecule is C=C/C=C(/N=C(C)c1cccc(N)n1)C(=C)C. The molecule has 0 fully saturated rings. The van der Waals surface area contributed by atoms with Gasteiger partial charge in [-0.05, 0) is 37.6 Å². The van der Waals surface area contributed by atoms with Crippen molar-refractivity contribution >= 4 is 11.5 Å². The Morgan fingerprint density at radius 2 is 2.12 bits per heavy atom. The van der Waals surface area contributed by atoms with Crippen molar-refractivity contribution in [1.29, 1.82) is 0 Å². The number of aliphatic imine (C=N–C) groups is 1. The quantitative estimate of drug-likeness (QED) is 0.634. The molecule has 0 unspecified atom stereocenters. The van der Waals surface area contributed by atoms with Crippen molar-refractivity contribution in [3.63, 3.8) is 0 Å². The van der Waals surface area contributed by atoms with E-state index in [2.05, 4.69) is 23.1 Å². The van der Waals surface area contributed by atoms with Crippen LogP contribution < -0.4 is 5.73 Å². The van der Waals surface area contributed by atoms with Gasteiger partial charge in [0, 0.05) is 0 Å². The first-order chi connectivity index (χ1) is 8.04. The summed E-state index contributed by atoms with van der Waals surface area (Å²) < 4.78 is 0. The van der Waals surface area contributed by atoms with E-state index in [-0.39, 0.29) is 0 Å². The van der Waals surface area contributed by atoms with E-state index in [4.69, 9.17) is 5.73 Å². The third-order valence-electron chi connectivity index (χ3n) is 2.14. The van der Waals surface area contributed by atoms with Gasteiger partial charge in [0.15, 0.2) is 0 Å². The molecular formula is C14H17N3. The predicted molar refractivity (Wildman–Crippen MR) is 74.0 cm³/mol. The predicted octanol–water partition coefficient (Wildman–Crippen LogP) is 3.12. The topological polar surface area (TPSA) is 51.3 Å². The summed E-state index contributed by atoms with van der Waals surface area (Å²) in [6.07, 6.45) is 3.51. The highest BCUT2D eigenvalue weighted by Gasteiger charge is 2.01. The summed E-state index contributed by atoms with van der Waals surface area (Å²) in [5.74, 6) is 0.488. The van der Waals surface area contributed by atoms with Crippen molar-refractivity contribution in [2.24, 2.45) is 4.99 Å². The van der Waals surface area contributed by atoms with Crippen LogP contribution in [0.25, 0.3) is 0 Å². The molecule has 0 bridgehead atoms. The van der Waals surface area contributed by atoms with E-state index < -0.39 is 0 Å². The Hall–Kier alpha value is -2.16. The lowest BCUT2D eigenvalue weighted by Crippen LogP contribution is -2.02. The maximum absolute atomic E-state index is 5.63. The van der Waals surface area contributed by atoms with E-state index in [9.17, 15) is 0 Å². The molecule has 1 aromatic rings. The van der Waals surface area contributed by atoms with Crippen molar-refractivity contribution in [3.8, 4) is 0 Å². The van der Waals surface area contributed by atoms with E-state index in [1.165, 1.54) is 0 Å². The number of pyridine rings is 1. The Balaban J connectivity index is 3.11. The van der Waals surface area contributed by atoms with Crippen molar-refractivity contribution in [3.05, 3.63) is 60.5 Å². The van der Waals surface area contributed by atoms with Gasteiger partial charge >= 0.3 is 0 Å². The lowest BCUT2D eigenvalue weighted by atomic mass is 10.2. The summed E-state index contributed by atoms with van der Waals surface area (Å²) in [5.41, 5.74) is 8.87. The van der Waals surface area contributed by atoms with Gasteiger partial charge in [-0.2, -0.15) is 0 Å². The highest BCUT2D eigenvalue weighted by Crippen LogP contribution is 2.11. The molecule has 2 N–H and O–H groups in total. The molecule has 0 saturated heterocycles. The van der Waals surface area contributed by atoms with Gasteiger partial charge in [0.05, 0.1) is 17.1 Å². The summed E-state index contributed by atoms with van der Waals surface area (Å²) in [5, 5.41) is 0. The molecule has 0 atom stereocenters. The number of nitrogens with zero attached hydrogens (tertiary/aromatic N) is 2. The van der Waals surface area contributed by atoms with Crippen LogP contribution in [0.15, 0.2) is 59.8 Å². The van der Waals surface area contributed by atoms with Gasteiger partial charge in [0.2, 0.25) is 0 Å². The normalized spacial score (nSPS) is 12.4. The largest absolute Gasteiger partial charge is 0.384 e. The molecule has 0 aliphatic carbocycles. The van der Waals surface area contributed by atoms with Gasteiger partial charge in [0.1, 0.15) is 5.82 Å². The molecule has 0 aliphatic heterocycles. The van der Waals surface area contributed by atoms with Crippen molar-refractivity contribution in [2.45, 2.75) is 13.8 Å². The molecule has 1 heterocycles. The lowest BCUT2D eigenvalue weighted by Gasteiger charge is -2.04. The van der Waals surface area contributed by atoms with Crippen LogP contribution in [0.2, 0.25) is 0 Å². The molecule has 17 heavy (non-hydrogen) atoms. The van der Waals surface area contributed by atoms with Gasteiger partial charge in [-0.3, -0.25) is 4.99 Å². The van der Waals surface area contributed by atoms with E-state index in [1.54, 1.807) is 12.1 Å². The monoisotopic (exact) mass is 227 g/mol. The van der Waals surface area contributed by atoms with E-state index in [0.29, 0.717) is 5.82 Å². The Bertz CT molecular complexity index is 496. The first-order valence-corrected chi connectivity index (χ1v) is 5.31. The number of hydrogen-bond acceptors (Lipinski definition) is 3. The molecule has 3 nitrogen and oxygen atoms in total. The van der Waals surface area contributed by atoms with Crippen molar-refractivity contribution in [1.82, 2.24) is 4.98 Å². The van der Waals surface area contributed by atoms with Gasteiger partial charge in [-0.15, -0.1) is 0 Å². The fourth-order valence-corrected chi connectivity index (χ4v) is 1.28. The highest BCUT2D eigenvalue weighted by atomic mass is 14.9. The highest BCUT2D eigenvalue weighted by molar-refractivity contribution is 5.98. The smallest absolute Gasteiger partial charge is 0.124 e. The molecule has 0 aliphatic rings. The summed E-state index contributed by atoms with van der Waals surface area (Å²) in [6, 6.07) is 5.48. The minimum Gasteiger partial charge on any atom is -0.384 e. The summed E-state index contributed by atoms with van der Waals surface area (Å²) in [4.78, 5) is 8.68. The standard InChI is InChI=1S/C14H17N3/c1-5-7-12(10(2)3)16-11(4)13-8-6-9-14(15)17-13/h5-9H,1-2H2,3-4H3,(H2,15,17)/b12-7+,16-11?. The summed E-state index contributed by atoms with van der Waals surface area (Å²) in [6.45, 7) is 11.3. The second kappa shape index (κ2) is 5.80. The molecule has 88 valence electrons. The Labute approximate surface area is 102 Å². The maximum Gasteiger partial charge on any atom is 0.124 e. The average molecular weight is 227 g/mol. The van der Waals surface area contributed by atoms with Gasteiger partial charge < -0.3 is 5.73 Å². The van der Waals surface area contributed by atoms with Crippen LogP contribution in [-0.4, -0.2) is 10.7 Å². The molecule has 1 aromatic heterocycles. The minimum atomic E-state index is 0.488. The number of aromatic nitrogens is 1. The Morgan fingerprint density at radius 3 is 2.65 bits per heavy atom. The molecule has 0 aromatic carbocycles. The second-order valence-corrected chi connectivity index (χ2v) is 3.71. The van der Waals surface area contributed by atoms with Crippen LogP contribution in [0.3, 0.4) is 0 Å². The first kappa shape index (κ1) is 12.9. The third-order valence-corrected chi connectivity index (χ3v) is 2.14. The summed E-state index contributed by atoms with van der Waals surface area (Å²) in [7, 11) is 0. The third kappa shape index (κ3) is 3.72. The van der Waals surface area contributed by atoms with Gasteiger partial charge in [-0.25, -0.2) is 4.98 Å². The number of allylic oxidation sites excluding steroid dienone is 3. The number of rotatable bonds is 4. The average Bonchev–Trinajstić information content (AvgIpc) is 2.28. The lowest BCUT2D eigenvalue weighted by molar-refractivity contribution is 1.25. The Morgan fingerprint density at radius 1 is 1.41 bits per heavy atom. The van der Waals surface area contributed by atoms with Gasteiger partial charge in [-0.1, -0.05) is 25.3 Å². The van der Waals surface area contributed by atoms with Crippen molar-refractivity contribution < 1.29 is 0 Å². The first-order valence-electron chi connectivity index (χ1n) is 5.31. The molecule has 0 spiro atoms. The number of nitrogen functional groups attached to an aromatic ring is 1. The number of hydrogen-bond donors (Lipinski definition) is 1. The molecule has 0 saturated carbocycles. The van der Waals surface area contributed by atoms with E-state index in [1.807, 2.05) is 32.1 Å². The van der Waals surface area contributed by atoms with Crippen LogP contribution in [0.4, 0.5) is 5.82 Å². The van der Waals surface area contributed by atoms with Gasteiger partial charge in [0.25, 0.3) is 0 Å². The van der Waals surface area contributed by atoms with Crippen LogP contribution in [0.1, 0.15) is 19.5 Å². The zero-order valence-electron chi connectivity index (χ0n) is 10.3. The molecule has 3 heteroatoms. The number of anilines is 1. The second-order valence-electron chi connectivity index (χ2n) is 3.71. The Kier molecular flexibility index (Phi) is 4.40. The molecule has 0 radical (unpaired) electrons. The minimum absolute atomic E-state index is 0.488. The fourth-order valence-electron chi connectivity index (χ4n) is 1.28. The fraction of sp³-hybridized carbons (Fsp3) is 0.143. The van der Waals surface area contributed by atoms with Crippen LogP contribution in [-0.2, 0) is 0 Å². The zero-order valence-corrected chi connectivity index (χ0v) is 10.3. The van der Waals surface area contributed by atoms with Crippen molar-refractivity contribution in [2.75, 3.05) is 5.73 Å². The van der Waals surface area contributed by atoms with Crippen LogP contribution >= 0.6 is 0 Å². The number of nitrogens with two attached hydrogens (primary N) is 1. The maximum atomic E-state index is 5.63. The molecule has 1 rings (SSSR count). The zero-order chi connectivity index (χ0) is 12.8. The summed E-state index contributed by atoms with van der Waals surface area (Å²) >= 11 is 0.